The molecule has 0 spiro atoms. The number of hydrogen-bond donors (Lipinski definition) is 2. The molecule has 3 N–H and O–H groups in total. The molecule has 0 radical (unpaired) electrons. The van der Waals surface area contributed by atoms with E-state index in [-0.39, 0.29) is 5.75 Å². The average Bonchev–Trinajstić information content (AvgIpc) is 2.89. The van der Waals surface area contributed by atoms with Crippen molar-refractivity contribution in [2.75, 3.05) is 12.3 Å². The van der Waals surface area contributed by atoms with Gasteiger partial charge in [0, 0.05) is 12.6 Å². The lowest BCUT2D eigenvalue weighted by atomic mass is 10.1. The smallest absolute Gasteiger partial charge is 0.210 e. The van der Waals surface area contributed by atoms with Crippen LogP contribution in [0.25, 0.3) is 0 Å². The number of hydrogen-bond acceptors (Lipinski definition) is 3. The standard InChI is InChI=1S/C9H18N2O2S/c10-14(12,13)6-5-11-9(7-1-2-7)8-3-4-8/h7-9,11H,1-6H2,(H2,10,12,13). The van der Waals surface area contributed by atoms with Crippen LogP contribution in [0.15, 0.2) is 0 Å². The van der Waals surface area contributed by atoms with Gasteiger partial charge in [-0.25, -0.2) is 13.6 Å². The Kier molecular flexibility index (Phi) is 2.81. The van der Waals surface area contributed by atoms with Crippen LogP contribution in [0.5, 0.6) is 0 Å². The molecule has 0 bridgehead atoms. The zero-order valence-corrected chi connectivity index (χ0v) is 9.09. The Balaban J connectivity index is 1.72. The Morgan fingerprint density at radius 1 is 1.21 bits per heavy atom. The summed E-state index contributed by atoms with van der Waals surface area (Å²) >= 11 is 0. The Morgan fingerprint density at radius 3 is 2.07 bits per heavy atom. The number of sulfonamides is 1. The summed E-state index contributed by atoms with van der Waals surface area (Å²) in [7, 11) is -3.29. The molecule has 4 nitrogen and oxygen atoms in total. The van der Waals surface area contributed by atoms with Crippen LogP contribution in [0, 0.1) is 11.8 Å². The average molecular weight is 218 g/mol. The van der Waals surface area contributed by atoms with Crippen LogP contribution in [0.2, 0.25) is 0 Å². The third-order valence-electron chi connectivity index (χ3n) is 3.03. The Hall–Kier alpha value is -0.130. The molecule has 2 aliphatic rings. The molecule has 5 heteroatoms. The van der Waals surface area contributed by atoms with Gasteiger partial charge in [0.15, 0.2) is 0 Å². The molecule has 0 heterocycles. The normalized spacial score (nSPS) is 23.0. The first-order valence-electron chi connectivity index (χ1n) is 5.30. The van der Waals surface area contributed by atoms with Crippen molar-refractivity contribution in [2.24, 2.45) is 17.0 Å². The number of primary sulfonamides is 1. The van der Waals surface area contributed by atoms with Crippen molar-refractivity contribution in [1.29, 1.82) is 0 Å². The van der Waals surface area contributed by atoms with Crippen molar-refractivity contribution in [3.8, 4) is 0 Å². The van der Waals surface area contributed by atoms with Gasteiger partial charge in [-0.15, -0.1) is 0 Å². The van der Waals surface area contributed by atoms with E-state index < -0.39 is 10.0 Å². The molecule has 0 aliphatic heterocycles. The zero-order chi connectivity index (χ0) is 10.2. The van der Waals surface area contributed by atoms with Crippen LogP contribution in [-0.4, -0.2) is 26.8 Å². The van der Waals surface area contributed by atoms with Gasteiger partial charge in [-0.05, 0) is 37.5 Å². The van der Waals surface area contributed by atoms with Crippen molar-refractivity contribution in [3.05, 3.63) is 0 Å². The summed E-state index contributed by atoms with van der Waals surface area (Å²) in [6.45, 7) is 0.510. The van der Waals surface area contributed by atoms with Gasteiger partial charge in [0.2, 0.25) is 10.0 Å². The van der Waals surface area contributed by atoms with E-state index in [2.05, 4.69) is 5.32 Å². The predicted molar refractivity (Wildman–Crippen MR) is 55.2 cm³/mol. The predicted octanol–water partition coefficient (Wildman–Crippen LogP) is 0.0531. The third kappa shape index (κ3) is 3.22. The fourth-order valence-corrected chi connectivity index (χ4v) is 2.40. The molecular weight excluding hydrogens is 200 g/mol. The van der Waals surface area contributed by atoms with Crippen LogP contribution >= 0.6 is 0 Å². The minimum atomic E-state index is -3.29. The van der Waals surface area contributed by atoms with Gasteiger partial charge in [0.05, 0.1) is 5.75 Å². The largest absolute Gasteiger partial charge is 0.312 e. The van der Waals surface area contributed by atoms with E-state index in [9.17, 15) is 8.42 Å². The summed E-state index contributed by atoms with van der Waals surface area (Å²) < 4.78 is 21.4. The molecule has 2 fully saturated rings. The van der Waals surface area contributed by atoms with Crippen molar-refractivity contribution < 1.29 is 8.42 Å². The van der Waals surface area contributed by atoms with Crippen molar-refractivity contribution in [2.45, 2.75) is 31.7 Å². The summed E-state index contributed by atoms with van der Waals surface area (Å²) in [6, 6.07) is 0.566. The van der Waals surface area contributed by atoms with Crippen LogP contribution in [0.4, 0.5) is 0 Å². The van der Waals surface area contributed by atoms with Crippen LogP contribution < -0.4 is 10.5 Å². The van der Waals surface area contributed by atoms with Crippen molar-refractivity contribution in [3.63, 3.8) is 0 Å². The maximum Gasteiger partial charge on any atom is 0.210 e. The molecule has 0 unspecified atom stereocenters. The Morgan fingerprint density at radius 2 is 1.71 bits per heavy atom. The summed E-state index contributed by atoms with van der Waals surface area (Å²) in [5, 5.41) is 8.28. The molecule has 2 saturated carbocycles. The van der Waals surface area contributed by atoms with Crippen LogP contribution in [0.3, 0.4) is 0 Å². The molecule has 0 aromatic heterocycles. The molecular formula is C9H18N2O2S. The lowest BCUT2D eigenvalue weighted by Gasteiger charge is -2.16. The summed E-state index contributed by atoms with van der Waals surface area (Å²) in [4.78, 5) is 0. The second kappa shape index (κ2) is 3.79. The van der Waals surface area contributed by atoms with Gasteiger partial charge in [0.25, 0.3) is 0 Å². The molecule has 2 rings (SSSR count). The van der Waals surface area contributed by atoms with Gasteiger partial charge >= 0.3 is 0 Å². The number of rotatable bonds is 6. The molecule has 0 aromatic rings. The van der Waals surface area contributed by atoms with E-state index in [0.29, 0.717) is 12.6 Å². The van der Waals surface area contributed by atoms with Crippen molar-refractivity contribution >= 4 is 10.0 Å². The summed E-state index contributed by atoms with van der Waals surface area (Å²) in [5.41, 5.74) is 0. The van der Waals surface area contributed by atoms with E-state index in [1.54, 1.807) is 0 Å². The number of nitrogens with two attached hydrogens (primary N) is 1. The van der Waals surface area contributed by atoms with Gasteiger partial charge < -0.3 is 5.32 Å². The van der Waals surface area contributed by atoms with Gasteiger partial charge in [-0.3, -0.25) is 0 Å². The molecule has 0 atom stereocenters. The van der Waals surface area contributed by atoms with Crippen LogP contribution in [-0.2, 0) is 10.0 Å². The third-order valence-corrected chi connectivity index (χ3v) is 3.80. The molecule has 82 valence electrons. The highest BCUT2D eigenvalue weighted by Crippen LogP contribution is 2.44. The Bertz CT molecular complexity index is 282. The monoisotopic (exact) mass is 218 g/mol. The minimum Gasteiger partial charge on any atom is -0.312 e. The van der Waals surface area contributed by atoms with E-state index in [1.165, 1.54) is 25.7 Å². The fraction of sp³-hybridized carbons (Fsp3) is 1.00. The topological polar surface area (TPSA) is 72.2 Å². The first-order chi connectivity index (χ1) is 6.56. The minimum absolute atomic E-state index is 0.0585. The molecule has 0 saturated heterocycles. The Labute approximate surface area is 85.3 Å². The van der Waals surface area contributed by atoms with Gasteiger partial charge in [0.1, 0.15) is 0 Å². The first kappa shape index (κ1) is 10.4. The molecule has 0 aromatic carbocycles. The van der Waals surface area contributed by atoms with E-state index >= 15 is 0 Å². The van der Waals surface area contributed by atoms with Crippen LogP contribution in [0.1, 0.15) is 25.7 Å². The van der Waals surface area contributed by atoms with E-state index in [0.717, 1.165) is 11.8 Å². The highest BCUT2D eigenvalue weighted by Gasteiger charge is 2.40. The first-order valence-corrected chi connectivity index (χ1v) is 7.02. The summed E-state index contributed by atoms with van der Waals surface area (Å²) in [5.74, 6) is 1.68. The molecule has 2 aliphatic carbocycles. The maximum atomic E-state index is 10.7. The van der Waals surface area contributed by atoms with E-state index in [1.807, 2.05) is 0 Å². The van der Waals surface area contributed by atoms with Gasteiger partial charge in [-0.2, -0.15) is 0 Å². The SMILES string of the molecule is NS(=O)(=O)CCNC(C1CC1)C1CC1. The highest BCUT2D eigenvalue weighted by atomic mass is 32.2. The lowest BCUT2D eigenvalue weighted by Crippen LogP contribution is -2.37. The summed E-state index contributed by atoms with van der Waals surface area (Å²) in [6.07, 6.45) is 5.24. The number of nitrogens with one attached hydrogen (secondary N) is 1. The van der Waals surface area contributed by atoms with Crippen molar-refractivity contribution in [1.82, 2.24) is 5.32 Å². The highest BCUT2D eigenvalue weighted by molar-refractivity contribution is 7.89. The quantitative estimate of drug-likeness (QED) is 0.662. The zero-order valence-electron chi connectivity index (χ0n) is 8.28. The maximum absolute atomic E-state index is 10.7. The van der Waals surface area contributed by atoms with E-state index in [4.69, 9.17) is 5.14 Å². The fourth-order valence-electron chi connectivity index (χ4n) is 2.00. The lowest BCUT2D eigenvalue weighted by molar-refractivity contribution is 0.427. The van der Waals surface area contributed by atoms with Gasteiger partial charge in [-0.1, -0.05) is 0 Å². The second-order valence-electron chi connectivity index (χ2n) is 4.52. The molecule has 0 amide bonds. The molecule has 14 heavy (non-hydrogen) atoms. The second-order valence-corrected chi connectivity index (χ2v) is 6.26.